The minimum atomic E-state index is -0.995. The van der Waals surface area contributed by atoms with E-state index >= 15 is 4.39 Å². The first-order chi connectivity index (χ1) is 18.4. The van der Waals surface area contributed by atoms with Gasteiger partial charge < -0.3 is 25.6 Å². The monoisotopic (exact) mass is 534 g/mol. The lowest BCUT2D eigenvalue weighted by Gasteiger charge is -2.35. The third-order valence-corrected chi connectivity index (χ3v) is 8.46. The maximum absolute atomic E-state index is 15.7. The predicted molar refractivity (Wildman–Crippen MR) is 147 cm³/mol. The first-order valence-electron chi connectivity index (χ1n) is 12.8. The highest BCUT2D eigenvalue weighted by molar-refractivity contribution is 6.39. The van der Waals surface area contributed by atoms with E-state index in [4.69, 9.17) is 26.8 Å². The number of rotatable bonds is 6. The SMILES string of the molecule is COc1ccc2c(N)c3c4c(ccc(Cl)c4c2c1F)O[C@]3(CN[C@H]1CC[C@H](C(=O)O)CC1)c1ccccc1. The number of anilines is 1. The lowest BCUT2D eigenvalue weighted by Crippen LogP contribution is -2.47. The molecule has 196 valence electrons. The average Bonchev–Trinajstić information content (AvgIpc) is 3.28. The zero-order chi connectivity index (χ0) is 26.6. The van der Waals surface area contributed by atoms with Gasteiger partial charge in [-0.1, -0.05) is 41.9 Å². The summed E-state index contributed by atoms with van der Waals surface area (Å²) in [5.74, 6) is -0.859. The van der Waals surface area contributed by atoms with E-state index in [9.17, 15) is 9.90 Å². The summed E-state index contributed by atoms with van der Waals surface area (Å²) in [6.45, 7) is 0.398. The molecule has 1 heterocycles. The number of nitrogens with two attached hydrogens (primary N) is 1. The summed E-state index contributed by atoms with van der Waals surface area (Å²) in [7, 11) is 1.43. The topological polar surface area (TPSA) is 93.8 Å². The molecule has 4 aromatic carbocycles. The number of methoxy groups -OCH3 is 1. The molecule has 1 aliphatic heterocycles. The van der Waals surface area contributed by atoms with Gasteiger partial charge in [0.2, 0.25) is 0 Å². The highest BCUT2D eigenvalue weighted by Gasteiger charge is 2.47. The number of hydrogen-bond acceptors (Lipinski definition) is 5. The fraction of sp³-hybridized carbons (Fsp3) is 0.300. The molecular weight excluding hydrogens is 507 g/mol. The van der Waals surface area contributed by atoms with Crippen molar-refractivity contribution in [2.24, 2.45) is 5.92 Å². The summed E-state index contributed by atoms with van der Waals surface area (Å²) in [5, 5.41) is 15.5. The largest absolute Gasteiger partial charge is 0.494 e. The third kappa shape index (κ3) is 3.68. The Kier molecular flexibility index (Phi) is 6.08. The van der Waals surface area contributed by atoms with Crippen LogP contribution in [-0.4, -0.2) is 30.8 Å². The van der Waals surface area contributed by atoms with E-state index in [1.165, 1.54) is 7.11 Å². The zero-order valence-corrected chi connectivity index (χ0v) is 21.6. The maximum Gasteiger partial charge on any atom is 0.306 e. The predicted octanol–water partition coefficient (Wildman–Crippen LogP) is 6.25. The Morgan fingerprint density at radius 3 is 2.53 bits per heavy atom. The number of hydrogen-bond donors (Lipinski definition) is 3. The van der Waals surface area contributed by atoms with E-state index < -0.39 is 17.4 Å². The normalized spacial score (nSPS) is 22.5. The van der Waals surface area contributed by atoms with E-state index in [0.29, 0.717) is 57.4 Å². The minimum Gasteiger partial charge on any atom is -0.494 e. The van der Waals surface area contributed by atoms with Gasteiger partial charge >= 0.3 is 5.97 Å². The van der Waals surface area contributed by atoms with Crippen molar-refractivity contribution in [2.75, 3.05) is 19.4 Å². The highest BCUT2D eigenvalue weighted by Crippen LogP contribution is 2.55. The number of benzene rings is 4. The van der Waals surface area contributed by atoms with Crippen molar-refractivity contribution >= 4 is 44.8 Å². The smallest absolute Gasteiger partial charge is 0.306 e. The van der Waals surface area contributed by atoms with Crippen LogP contribution < -0.4 is 20.5 Å². The number of aliphatic carboxylic acids is 1. The fourth-order valence-corrected chi connectivity index (χ4v) is 6.47. The Hall–Kier alpha value is -3.55. The summed E-state index contributed by atoms with van der Waals surface area (Å²) in [5.41, 5.74) is 7.97. The number of carboxylic acid groups (broad SMARTS) is 1. The number of ether oxygens (including phenoxy) is 2. The van der Waals surface area contributed by atoms with Crippen LogP contribution in [0.5, 0.6) is 11.5 Å². The van der Waals surface area contributed by atoms with Crippen LogP contribution >= 0.6 is 11.6 Å². The molecule has 0 aromatic heterocycles. The van der Waals surface area contributed by atoms with Gasteiger partial charge in [0.15, 0.2) is 17.2 Å². The van der Waals surface area contributed by atoms with Crippen LogP contribution in [-0.2, 0) is 10.4 Å². The van der Waals surface area contributed by atoms with Gasteiger partial charge in [0.25, 0.3) is 0 Å². The minimum absolute atomic E-state index is 0.112. The summed E-state index contributed by atoms with van der Waals surface area (Å²) in [6, 6.07) is 16.9. The Morgan fingerprint density at radius 2 is 1.84 bits per heavy atom. The standard InChI is InChI=1S/C30H28ClFN2O4/c1-37-22-13-11-19-23(27(22)32)24-20(31)12-14-21-25(24)26(28(19)33)30(38-21,17-5-3-2-4-6-17)15-34-18-9-7-16(8-10-18)29(35)36/h2-6,11-14,16,18,34H,7-10,15,33H2,1H3,(H,35,36)/t16-,18-,30-/m1/s1. The number of carboxylic acids is 1. The van der Waals surface area contributed by atoms with Gasteiger partial charge in [0.05, 0.1) is 13.0 Å². The Labute approximate surface area is 224 Å². The lowest BCUT2D eigenvalue weighted by atomic mass is 9.81. The second-order valence-electron chi connectivity index (χ2n) is 10.2. The maximum atomic E-state index is 15.7. The van der Waals surface area contributed by atoms with Crippen molar-refractivity contribution in [1.29, 1.82) is 0 Å². The molecule has 1 fully saturated rings. The van der Waals surface area contributed by atoms with E-state index in [1.54, 1.807) is 24.3 Å². The van der Waals surface area contributed by atoms with Gasteiger partial charge in [0, 0.05) is 56.0 Å². The number of fused-ring (bicyclic) bond motifs is 2. The molecule has 0 saturated heterocycles. The van der Waals surface area contributed by atoms with Crippen LogP contribution in [0.2, 0.25) is 5.02 Å². The molecule has 6 nitrogen and oxygen atoms in total. The molecular formula is C30H28ClFN2O4. The summed E-state index contributed by atoms with van der Waals surface area (Å²) in [6.07, 6.45) is 2.78. The van der Waals surface area contributed by atoms with Crippen LogP contribution in [0.4, 0.5) is 10.1 Å². The van der Waals surface area contributed by atoms with Crippen LogP contribution in [0.25, 0.3) is 21.5 Å². The molecule has 4 aromatic rings. The summed E-state index contributed by atoms with van der Waals surface area (Å²) < 4.78 is 27.8. The molecule has 4 N–H and O–H groups in total. The molecule has 0 unspecified atom stereocenters. The number of nitrogen functional groups attached to an aromatic ring is 1. The van der Waals surface area contributed by atoms with Crippen LogP contribution in [0.1, 0.15) is 36.8 Å². The highest BCUT2D eigenvalue weighted by atomic mass is 35.5. The van der Waals surface area contributed by atoms with E-state index in [2.05, 4.69) is 5.32 Å². The molecule has 38 heavy (non-hydrogen) atoms. The van der Waals surface area contributed by atoms with Crippen LogP contribution in [0.15, 0.2) is 54.6 Å². The Morgan fingerprint density at radius 1 is 1.11 bits per heavy atom. The lowest BCUT2D eigenvalue weighted by molar-refractivity contribution is -0.142. The number of carbonyl (C=O) groups is 1. The third-order valence-electron chi connectivity index (χ3n) is 8.15. The summed E-state index contributed by atoms with van der Waals surface area (Å²) >= 11 is 6.74. The first-order valence-corrected chi connectivity index (χ1v) is 13.1. The Balaban J connectivity index is 1.54. The molecule has 0 spiro atoms. The average molecular weight is 535 g/mol. The van der Waals surface area contributed by atoms with Crippen molar-refractivity contribution in [3.63, 3.8) is 0 Å². The van der Waals surface area contributed by atoms with Gasteiger partial charge in [-0.3, -0.25) is 4.79 Å². The van der Waals surface area contributed by atoms with Crippen molar-refractivity contribution in [2.45, 2.75) is 37.3 Å². The van der Waals surface area contributed by atoms with Crippen molar-refractivity contribution in [3.8, 4) is 11.5 Å². The fourth-order valence-electron chi connectivity index (χ4n) is 6.22. The van der Waals surface area contributed by atoms with Crippen molar-refractivity contribution in [3.05, 3.63) is 76.6 Å². The second kappa shape index (κ2) is 9.33. The Bertz CT molecular complexity index is 1570. The number of halogens is 2. The molecule has 8 heteroatoms. The second-order valence-corrected chi connectivity index (χ2v) is 10.6. The molecule has 0 bridgehead atoms. The van der Waals surface area contributed by atoms with Crippen LogP contribution in [0, 0.1) is 11.7 Å². The van der Waals surface area contributed by atoms with E-state index in [1.807, 2.05) is 30.3 Å². The van der Waals surface area contributed by atoms with Gasteiger partial charge in [0.1, 0.15) is 5.75 Å². The van der Waals surface area contributed by atoms with E-state index in [-0.39, 0.29) is 17.7 Å². The number of nitrogens with one attached hydrogen (secondary N) is 1. The van der Waals surface area contributed by atoms with Crippen LogP contribution in [0.3, 0.4) is 0 Å². The molecule has 2 aliphatic rings. The molecule has 1 aliphatic carbocycles. The quantitative estimate of drug-likeness (QED) is 0.200. The van der Waals surface area contributed by atoms with Gasteiger partial charge in [-0.05, 0) is 49.9 Å². The van der Waals surface area contributed by atoms with Gasteiger partial charge in [-0.25, -0.2) is 4.39 Å². The summed E-state index contributed by atoms with van der Waals surface area (Å²) in [4.78, 5) is 11.4. The molecule has 6 rings (SSSR count). The zero-order valence-electron chi connectivity index (χ0n) is 20.9. The molecule has 0 radical (unpaired) electrons. The molecule has 1 atom stereocenters. The molecule has 1 saturated carbocycles. The van der Waals surface area contributed by atoms with Gasteiger partial charge in [-0.15, -0.1) is 0 Å². The van der Waals surface area contributed by atoms with Crippen molar-refractivity contribution < 1.29 is 23.8 Å². The van der Waals surface area contributed by atoms with E-state index in [0.717, 1.165) is 24.0 Å². The first kappa shape index (κ1) is 24.8. The van der Waals surface area contributed by atoms with Crippen molar-refractivity contribution in [1.82, 2.24) is 5.32 Å². The van der Waals surface area contributed by atoms with Gasteiger partial charge in [-0.2, -0.15) is 0 Å². The molecule has 0 amide bonds.